The van der Waals surface area contributed by atoms with Crippen molar-refractivity contribution in [2.24, 2.45) is 23.2 Å². The largest absolute Gasteiger partial charge is 0.504 e. The van der Waals surface area contributed by atoms with Crippen molar-refractivity contribution in [3.05, 3.63) is 23.8 Å². The van der Waals surface area contributed by atoms with Crippen molar-refractivity contribution in [3.63, 3.8) is 0 Å². The first-order valence-corrected chi connectivity index (χ1v) is 7.32. The van der Waals surface area contributed by atoms with E-state index in [1.807, 2.05) is 6.07 Å². The molecular weight excluding hydrogens is 236 g/mol. The number of benzene rings is 1. The van der Waals surface area contributed by atoms with Gasteiger partial charge in [0.25, 0.3) is 0 Å². The molecule has 2 fully saturated rings. The summed E-state index contributed by atoms with van der Waals surface area (Å²) in [5, 5.41) is 9.72. The van der Waals surface area contributed by atoms with Crippen molar-refractivity contribution in [3.8, 4) is 11.5 Å². The Bertz CT molecular complexity index is 488. The van der Waals surface area contributed by atoms with Gasteiger partial charge in [0.15, 0.2) is 11.5 Å². The van der Waals surface area contributed by atoms with Gasteiger partial charge < -0.3 is 9.84 Å². The van der Waals surface area contributed by atoms with Crippen molar-refractivity contribution < 1.29 is 9.84 Å². The van der Waals surface area contributed by atoms with Crippen LogP contribution in [0, 0.1) is 23.2 Å². The Morgan fingerprint density at radius 3 is 2.58 bits per heavy atom. The summed E-state index contributed by atoms with van der Waals surface area (Å²) in [6.07, 6.45) is 2.65. The molecule has 2 aliphatic rings. The molecule has 0 amide bonds. The molecule has 0 aromatic heterocycles. The molecule has 2 nitrogen and oxygen atoms in total. The summed E-state index contributed by atoms with van der Waals surface area (Å²) in [5.74, 6) is 3.89. The van der Waals surface area contributed by atoms with Gasteiger partial charge in [0.2, 0.25) is 0 Å². The van der Waals surface area contributed by atoms with Crippen LogP contribution in [0.25, 0.3) is 0 Å². The molecule has 0 aliphatic heterocycles. The minimum absolute atomic E-state index is 0.239. The van der Waals surface area contributed by atoms with Crippen LogP contribution in [-0.2, 0) is 0 Å². The van der Waals surface area contributed by atoms with Crippen LogP contribution in [0.5, 0.6) is 11.5 Å². The van der Waals surface area contributed by atoms with Gasteiger partial charge in [-0.3, -0.25) is 0 Å². The smallest absolute Gasteiger partial charge is 0.160 e. The second-order valence-electron chi connectivity index (χ2n) is 6.98. The molecule has 1 aromatic carbocycles. The molecule has 0 saturated heterocycles. The van der Waals surface area contributed by atoms with Gasteiger partial charge in [-0.2, -0.15) is 0 Å². The minimum atomic E-state index is 0.239. The fourth-order valence-corrected chi connectivity index (χ4v) is 4.46. The molecule has 19 heavy (non-hydrogen) atoms. The van der Waals surface area contributed by atoms with E-state index >= 15 is 0 Å². The predicted molar refractivity (Wildman–Crippen MR) is 76.6 cm³/mol. The number of hydrogen-bond donors (Lipinski definition) is 1. The topological polar surface area (TPSA) is 29.5 Å². The first-order valence-electron chi connectivity index (χ1n) is 7.32. The molecule has 2 bridgehead atoms. The molecule has 2 heteroatoms. The van der Waals surface area contributed by atoms with E-state index in [4.69, 9.17) is 4.74 Å². The summed E-state index contributed by atoms with van der Waals surface area (Å²) >= 11 is 0. The summed E-state index contributed by atoms with van der Waals surface area (Å²) in [6, 6.07) is 5.87. The monoisotopic (exact) mass is 260 g/mol. The molecule has 0 unspecified atom stereocenters. The molecule has 1 aromatic rings. The highest BCUT2D eigenvalue weighted by Crippen LogP contribution is 2.64. The maximum atomic E-state index is 9.72. The second-order valence-corrected chi connectivity index (χ2v) is 6.98. The van der Waals surface area contributed by atoms with E-state index in [-0.39, 0.29) is 5.75 Å². The number of fused-ring (bicyclic) bond motifs is 2. The number of phenolic OH excluding ortho intramolecular Hbond substituents is 1. The Balaban J connectivity index is 1.90. The Morgan fingerprint density at radius 2 is 2.00 bits per heavy atom. The molecule has 1 N–H and O–H groups in total. The molecule has 2 aliphatic carbocycles. The van der Waals surface area contributed by atoms with Crippen LogP contribution in [0.2, 0.25) is 0 Å². The van der Waals surface area contributed by atoms with Crippen molar-refractivity contribution in [2.45, 2.75) is 39.5 Å². The molecule has 4 atom stereocenters. The van der Waals surface area contributed by atoms with Gasteiger partial charge in [-0.1, -0.05) is 26.8 Å². The lowest BCUT2D eigenvalue weighted by Gasteiger charge is -2.40. The van der Waals surface area contributed by atoms with Crippen LogP contribution < -0.4 is 4.74 Å². The Hall–Kier alpha value is -1.18. The highest BCUT2D eigenvalue weighted by atomic mass is 16.5. The van der Waals surface area contributed by atoms with Crippen LogP contribution in [0.4, 0.5) is 0 Å². The van der Waals surface area contributed by atoms with Crippen molar-refractivity contribution >= 4 is 0 Å². The van der Waals surface area contributed by atoms with Gasteiger partial charge in [0.05, 0.1) is 7.11 Å². The number of ether oxygens (including phenoxy) is 1. The number of methoxy groups -OCH3 is 1. The minimum Gasteiger partial charge on any atom is -0.504 e. The summed E-state index contributed by atoms with van der Waals surface area (Å²) < 4.78 is 5.24. The van der Waals surface area contributed by atoms with Crippen LogP contribution in [0.15, 0.2) is 18.2 Å². The number of phenols is 1. The average Bonchev–Trinajstić information content (AvgIpc) is 2.90. The van der Waals surface area contributed by atoms with Crippen molar-refractivity contribution in [1.29, 1.82) is 0 Å². The summed E-state index contributed by atoms with van der Waals surface area (Å²) in [7, 11) is 1.62. The SMILES string of the molecule is COc1cc([C@@H]2C[C@H]3C[C@@H]2[C@@H](C)C3(C)C)ccc1O. The first-order chi connectivity index (χ1) is 8.95. The lowest BCUT2D eigenvalue weighted by Crippen LogP contribution is -2.32. The lowest BCUT2D eigenvalue weighted by atomic mass is 9.65. The Labute approximate surface area is 115 Å². The van der Waals surface area contributed by atoms with Gasteiger partial charge in [0.1, 0.15) is 0 Å². The molecule has 0 heterocycles. The third kappa shape index (κ3) is 1.76. The van der Waals surface area contributed by atoms with E-state index in [9.17, 15) is 5.11 Å². The first kappa shape index (κ1) is 12.8. The van der Waals surface area contributed by atoms with E-state index in [2.05, 4.69) is 26.8 Å². The third-order valence-electron chi connectivity index (χ3n) is 6.11. The third-order valence-corrected chi connectivity index (χ3v) is 6.11. The molecule has 0 radical (unpaired) electrons. The predicted octanol–water partition coefficient (Wildman–Crippen LogP) is 4.19. The van der Waals surface area contributed by atoms with Crippen LogP contribution in [-0.4, -0.2) is 12.2 Å². The summed E-state index contributed by atoms with van der Waals surface area (Å²) in [4.78, 5) is 0. The Kier molecular flexibility index (Phi) is 2.81. The summed E-state index contributed by atoms with van der Waals surface area (Å²) in [5.41, 5.74) is 1.83. The lowest BCUT2D eigenvalue weighted by molar-refractivity contribution is 0.122. The zero-order valence-corrected chi connectivity index (χ0v) is 12.3. The van der Waals surface area contributed by atoms with Gasteiger partial charge in [-0.05, 0) is 59.6 Å². The van der Waals surface area contributed by atoms with E-state index in [0.29, 0.717) is 17.1 Å². The Morgan fingerprint density at radius 1 is 1.26 bits per heavy atom. The molecule has 104 valence electrons. The molecule has 2 saturated carbocycles. The zero-order chi connectivity index (χ0) is 13.8. The fourth-order valence-electron chi connectivity index (χ4n) is 4.46. The molecule has 0 spiro atoms. The van der Waals surface area contributed by atoms with E-state index in [1.165, 1.54) is 18.4 Å². The fraction of sp³-hybridized carbons (Fsp3) is 0.647. The van der Waals surface area contributed by atoms with Crippen LogP contribution in [0.1, 0.15) is 45.1 Å². The van der Waals surface area contributed by atoms with Crippen LogP contribution >= 0.6 is 0 Å². The molecular formula is C17H24O2. The maximum absolute atomic E-state index is 9.72. The van der Waals surface area contributed by atoms with E-state index < -0.39 is 0 Å². The van der Waals surface area contributed by atoms with Gasteiger partial charge in [-0.25, -0.2) is 0 Å². The number of hydrogen-bond acceptors (Lipinski definition) is 2. The molecule has 3 rings (SSSR count). The average molecular weight is 260 g/mol. The normalized spacial score (nSPS) is 35.6. The van der Waals surface area contributed by atoms with E-state index in [0.717, 1.165) is 17.8 Å². The number of aromatic hydroxyl groups is 1. The van der Waals surface area contributed by atoms with Gasteiger partial charge >= 0.3 is 0 Å². The van der Waals surface area contributed by atoms with Crippen LogP contribution in [0.3, 0.4) is 0 Å². The maximum Gasteiger partial charge on any atom is 0.160 e. The van der Waals surface area contributed by atoms with Gasteiger partial charge in [-0.15, -0.1) is 0 Å². The quantitative estimate of drug-likeness (QED) is 0.864. The highest BCUT2D eigenvalue weighted by molar-refractivity contribution is 5.43. The zero-order valence-electron chi connectivity index (χ0n) is 12.3. The van der Waals surface area contributed by atoms with Gasteiger partial charge in [0, 0.05) is 0 Å². The van der Waals surface area contributed by atoms with E-state index in [1.54, 1.807) is 13.2 Å². The second kappa shape index (κ2) is 4.16. The standard InChI is InChI=1S/C17H24O2/c1-10-13-8-12(17(10,2)3)9-14(13)11-5-6-15(18)16(7-11)19-4/h5-7,10,12-14,18H,8-9H2,1-4H3/t10-,12-,13-,14+/m1/s1. The highest BCUT2D eigenvalue weighted by Gasteiger charge is 2.55. The van der Waals surface area contributed by atoms with Crippen molar-refractivity contribution in [2.75, 3.05) is 7.11 Å². The van der Waals surface area contributed by atoms with Crippen molar-refractivity contribution in [1.82, 2.24) is 0 Å². The number of rotatable bonds is 2. The summed E-state index contributed by atoms with van der Waals surface area (Å²) in [6.45, 7) is 7.26.